The SMILES string of the molecule is O=C1N[C@H](C(=O)NCc2ccccc2)Cc2ccccc21. The predicted octanol–water partition coefficient (Wildman–Crippen LogP) is 1.66. The summed E-state index contributed by atoms with van der Waals surface area (Å²) in [4.78, 5) is 24.2. The molecule has 2 aromatic carbocycles. The van der Waals surface area contributed by atoms with E-state index in [0.717, 1.165) is 11.1 Å². The van der Waals surface area contributed by atoms with E-state index in [0.29, 0.717) is 18.5 Å². The average molecular weight is 280 g/mol. The van der Waals surface area contributed by atoms with E-state index >= 15 is 0 Å². The van der Waals surface area contributed by atoms with Crippen LogP contribution < -0.4 is 10.6 Å². The fraction of sp³-hybridized carbons (Fsp3) is 0.176. The number of rotatable bonds is 3. The summed E-state index contributed by atoms with van der Waals surface area (Å²) in [6.07, 6.45) is 0.530. The summed E-state index contributed by atoms with van der Waals surface area (Å²) in [6.45, 7) is 0.466. The zero-order valence-electron chi connectivity index (χ0n) is 11.5. The summed E-state index contributed by atoms with van der Waals surface area (Å²) in [7, 11) is 0. The molecular weight excluding hydrogens is 264 g/mol. The van der Waals surface area contributed by atoms with Crippen molar-refractivity contribution < 1.29 is 9.59 Å². The summed E-state index contributed by atoms with van der Waals surface area (Å²) >= 11 is 0. The molecule has 1 atom stereocenters. The van der Waals surface area contributed by atoms with E-state index in [2.05, 4.69) is 10.6 Å². The fourth-order valence-electron chi connectivity index (χ4n) is 2.49. The van der Waals surface area contributed by atoms with Gasteiger partial charge < -0.3 is 10.6 Å². The molecule has 0 radical (unpaired) electrons. The highest BCUT2D eigenvalue weighted by Gasteiger charge is 2.28. The Labute approximate surface area is 123 Å². The van der Waals surface area contributed by atoms with Gasteiger partial charge >= 0.3 is 0 Å². The number of amides is 2. The minimum atomic E-state index is -0.504. The smallest absolute Gasteiger partial charge is 0.252 e. The van der Waals surface area contributed by atoms with Crippen molar-refractivity contribution in [3.63, 3.8) is 0 Å². The maximum Gasteiger partial charge on any atom is 0.252 e. The van der Waals surface area contributed by atoms with Crippen molar-refractivity contribution in [2.75, 3.05) is 0 Å². The molecule has 1 aliphatic rings. The first-order valence-electron chi connectivity index (χ1n) is 6.94. The van der Waals surface area contributed by atoms with Gasteiger partial charge in [0.25, 0.3) is 5.91 Å². The summed E-state index contributed by atoms with van der Waals surface area (Å²) in [5, 5.41) is 5.62. The molecule has 0 unspecified atom stereocenters. The zero-order chi connectivity index (χ0) is 14.7. The molecule has 4 heteroatoms. The van der Waals surface area contributed by atoms with Crippen molar-refractivity contribution in [3.8, 4) is 0 Å². The Bertz CT molecular complexity index is 668. The molecule has 3 rings (SSSR count). The summed E-state index contributed by atoms with van der Waals surface area (Å²) in [6, 6.07) is 16.6. The first kappa shape index (κ1) is 13.4. The third-order valence-corrected chi connectivity index (χ3v) is 3.62. The Morgan fingerprint density at radius 1 is 1.10 bits per heavy atom. The van der Waals surface area contributed by atoms with Gasteiger partial charge in [-0.2, -0.15) is 0 Å². The molecule has 1 aliphatic heterocycles. The standard InChI is InChI=1S/C17H16N2O2/c20-16-14-9-5-4-8-13(14)10-15(19-16)17(21)18-11-12-6-2-1-3-7-12/h1-9,15H,10-11H2,(H,18,21)(H,19,20)/t15-/m0/s1. The second-order valence-electron chi connectivity index (χ2n) is 5.09. The molecule has 0 bridgehead atoms. The molecule has 1 heterocycles. The minimum Gasteiger partial charge on any atom is -0.350 e. The molecule has 0 saturated carbocycles. The van der Waals surface area contributed by atoms with Crippen LogP contribution in [0.25, 0.3) is 0 Å². The Balaban J connectivity index is 1.65. The predicted molar refractivity (Wildman–Crippen MR) is 79.7 cm³/mol. The topological polar surface area (TPSA) is 58.2 Å². The third kappa shape index (κ3) is 2.94. The second kappa shape index (κ2) is 5.79. The number of benzene rings is 2. The van der Waals surface area contributed by atoms with Gasteiger partial charge in [-0.15, -0.1) is 0 Å². The summed E-state index contributed by atoms with van der Waals surface area (Å²) < 4.78 is 0. The molecule has 0 fully saturated rings. The molecule has 106 valence electrons. The summed E-state index contributed by atoms with van der Waals surface area (Å²) in [5.41, 5.74) is 2.61. The maximum absolute atomic E-state index is 12.2. The highest BCUT2D eigenvalue weighted by molar-refractivity contribution is 6.00. The Morgan fingerprint density at radius 2 is 1.81 bits per heavy atom. The van der Waals surface area contributed by atoms with Crippen LogP contribution in [0.4, 0.5) is 0 Å². The van der Waals surface area contributed by atoms with Crippen molar-refractivity contribution in [2.24, 2.45) is 0 Å². The molecule has 0 spiro atoms. The van der Waals surface area contributed by atoms with Crippen molar-refractivity contribution >= 4 is 11.8 Å². The first-order valence-corrected chi connectivity index (χ1v) is 6.94. The highest BCUT2D eigenvalue weighted by atomic mass is 16.2. The molecule has 0 aliphatic carbocycles. The van der Waals surface area contributed by atoms with E-state index in [1.807, 2.05) is 48.5 Å². The van der Waals surface area contributed by atoms with Crippen LogP contribution in [0.1, 0.15) is 21.5 Å². The minimum absolute atomic E-state index is 0.151. The molecule has 21 heavy (non-hydrogen) atoms. The van der Waals surface area contributed by atoms with Gasteiger partial charge in [-0.25, -0.2) is 0 Å². The van der Waals surface area contributed by atoms with Gasteiger partial charge in [-0.05, 0) is 17.2 Å². The molecule has 2 amide bonds. The normalized spacial score (nSPS) is 16.8. The quantitative estimate of drug-likeness (QED) is 0.898. The van der Waals surface area contributed by atoms with E-state index in [1.165, 1.54) is 0 Å². The number of hydrogen-bond donors (Lipinski definition) is 2. The summed E-state index contributed by atoms with van der Waals surface area (Å²) in [5.74, 6) is -0.335. The van der Waals surface area contributed by atoms with Crippen LogP contribution in [0.3, 0.4) is 0 Å². The van der Waals surface area contributed by atoms with Gasteiger partial charge in [-0.3, -0.25) is 9.59 Å². The lowest BCUT2D eigenvalue weighted by Crippen LogP contribution is -2.50. The van der Waals surface area contributed by atoms with Crippen LogP contribution in [0, 0.1) is 0 Å². The molecular formula is C17H16N2O2. The molecule has 2 aromatic rings. The van der Waals surface area contributed by atoms with E-state index in [-0.39, 0.29) is 11.8 Å². The van der Waals surface area contributed by atoms with E-state index in [1.54, 1.807) is 6.07 Å². The van der Waals surface area contributed by atoms with Crippen molar-refractivity contribution in [3.05, 3.63) is 71.3 Å². The van der Waals surface area contributed by atoms with Gasteiger partial charge in [0.2, 0.25) is 5.91 Å². The monoisotopic (exact) mass is 280 g/mol. The van der Waals surface area contributed by atoms with Crippen LogP contribution in [-0.2, 0) is 17.8 Å². The lowest BCUT2D eigenvalue weighted by molar-refractivity contribution is -0.123. The fourth-order valence-corrected chi connectivity index (χ4v) is 2.49. The number of hydrogen-bond acceptors (Lipinski definition) is 2. The zero-order valence-corrected chi connectivity index (χ0v) is 11.5. The van der Waals surface area contributed by atoms with E-state index < -0.39 is 6.04 Å². The number of fused-ring (bicyclic) bond motifs is 1. The van der Waals surface area contributed by atoms with Crippen LogP contribution in [-0.4, -0.2) is 17.9 Å². The lowest BCUT2D eigenvalue weighted by Gasteiger charge is -2.24. The van der Waals surface area contributed by atoms with Crippen molar-refractivity contribution in [1.82, 2.24) is 10.6 Å². The van der Waals surface area contributed by atoms with E-state index in [9.17, 15) is 9.59 Å². The van der Waals surface area contributed by atoms with Crippen LogP contribution in [0.2, 0.25) is 0 Å². The Morgan fingerprint density at radius 3 is 2.62 bits per heavy atom. The van der Waals surface area contributed by atoms with Crippen LogP contribution >= 0.6 is 0 Å². The Hall–Kier alpha value is -2.62. The number of carbonyl (C=O) groups is 2. The average Bonchev–Trinajstić information content (AvgIpc) is 2.53. The highest BCUT2D eigenvalue weighted by Crippen LogP contribution is 2.16. The van der Waals surface area contributed by atoms with Crippen molar-refractivity contribution in [2.45, 2.75) is 19.0 Å². The van der Waals surface area contributed by atoms with Gasteiger partial charge in [0.15, 0.2) is 0 Å². The van der Waals surface area contributed by atoms with Gasteiger partial charge in [0.05, 0.1) is 0 Å². The third-order valence-electron chi connectivity index (χ3n) is 3.62. The van der Waals surface area contributed by atoms with Gasteiger partial charge in [-0.1, -0.05) is 48.5 Å². The maximum atomic E-state index is 12.2. The van der Waals surface area contributed by atoms with Crippen LogP contribution in [0.5, 0.6) is 0 Å². The molecule has 4 nitrogen and oxygen atoms in total. The molecule has 0 saturated heterocycles. The molecule has 0 aromatic heterocycles. The van der Waals surface area contributed by atoms with Crippen molar-refractivity contribution in [1.29, 1.82) is 0 Å². The largest absolute Gasteiger partial charge is 0.350 e. The second-order valence-corrected chi connectivity index (χ2v) is 5.09. The van der Waals surface area contributed by atoms with Gasteiger partial charge in [0.1, 0.15) is 6.04 Å². The van der Waals surface area contributed by atoms with Gasteiger partial charge in [0, 0.05) is 18.5 Å². The van der Waals surface area contributed by atoms with Crippen LogP contribution in [0.15, 0.2) is 54.6 Å². The number of nitrogens with one attached hydrogen (secondary N) is 2. The molecule has 2 N–H and O–H groups in total. The van der Waals surface area contributed by atoms with E-state index in [4.69, 9.17) is 0 Å². The lowest BCUT2D eigenvalue weighted by atomic mass is 9.95. The Kier molecular flexibility index (Phi) is 3.69. The number of carbonyl (C=O) groups excluding carboxylic acids is 2. The first-order chi connectivity index (χ1) is 10.2.